The van der Waals surface area contributed by atoms with Crippen LogP contribution in [0.5, 0.6) is 5.75 Å². The average Bonchev–Trinajstić information content (AvgIpc) is 2.61. The first-order valence-electron chi connectivity index (χ1n) is 8.23. The molecule has 1 fully saturated rings. The molecule has 3 rings (SSSR count). The van der Waals surface area contributed by atoms with Gasteiger partial charge in [0.15, 0.2) is 0 Å². The van der Waals surface area contributed by atoms with Gasteiger partial charge in [-0.1, -0.05) is 35.9 Å². The van der Waals surface area contributed by atoms with Crippen LogP contribution in [0, 0.1) is 6.92 Å². The van der Waals surface area contributed by atoms with Gasteiger partial charge in [-0.05, 0) is 36.8 Å². The first-order valence-corrected chi connectivity index (χ1v) is 8.61. The minimum absolute atomic E-state index is 0.154. The summed E-state index contributed by atoms with van der Waals surface area (Å²) in [6.45, 7) is 3.93. The molecule has 0 aliphatic carbocycles. The van der Waals surface area contributed by atoms with Gasteiger partial charge in [-0.25, -0.2) is 4.79 Å². The van der Waals surface area contributed by atoms with E-state index in [-0.39, 0.29) is 12.1 Å². The van der Waals surface area contributed by atoms with E-state index in [4.69, 9.17) is 21.1 Å². The fourth-order valence-corrected chi connectivity index (χ4v) is 2.86. The number of carbonyl (C=O) groups excluding carboxylic acids is 1. The van der Waals surface area contributed by atoms with Crippen molar-refractivity contribution >= 4 is 23.3 Å². The third-order valence-corrected chi connectivity index (χ3v) is 4.26. The number of rotatable bonds is 4. The van der Waals surface area contributed by atoms with Crippen LogP contribution in [0.2, 0.25) is 5.02 Å². The lowest BCUT2D eigenvalue weighted by Crippen LogP contribution is -2.49. The second-order valence-electron chi connectivity index (χ2n) is 5.96. The Hall–Kier alpha value is -2.24. The normalized spacial score (nSPS) is 17.2. The van der Waals surface area contributed by atoms with Crippen molar-refractivity contribution in [1.82, 2.24) is 4.90 Å². The maximum atomic E-state index is 12.4. The zero-order chi connectivity index (χ0) is 17.6. The van der Waals surface area contributed by atoms with Crippen molar-refractivity contribution in [3.8, 4) is 5.75 Å². The molecule has 2 aromatic rings. The number of anilines is 1. The van der Waals surface area contributed by atoms with Gasteiger partial charge in [0.05, 0.1) is 13.2 Å². The van der Waals surface area contributed by atoms with Gasteiger partial charge in [0.25, 0.3) is 0 Å². The number of nitrogens with one attached hydrogen (secondary N) is 1. The van der Waals surface area contributed by atoms with Crippen LogP contribution < -0.4 is 10.1 Å². The van der Waals surface area contributed by atoms with E-state index >= 15 is 0 Å². The molecule has 0 bridgehead atoms. The maximum absolute atomic E-state index is 12.4. The smallest absolute Gasteiger partial charge is 0.322 e. The molecule has 2 aromatic carbocycles. The molecule has 1 saturated heterocycles. The average molecular weight is 361 g/mol. The molecule has 132 valence electrons. The number of hydrogen-bond donors (Lipinski definition) is 1. The summed E-state index contributed by atoms with van der Waals surface area (Å²) < 4.78 is 11.6. The number of aryl methyl sites for hydroxylation is 1. The number of hydrogen-bond acceptors (Lipinski definition) is 3. The summed E-state index contributed by atoms with van der Waals surface area (Å²) in [5.41, 5.74) is 1.76. The van der Waals surface area contributed by atoms with Crippen LogP contribution >= 0.6 is 11.6 Å². The van der Waals surface area contributed by atoms with Gasteiger partial charge in [0.1, 0.15) is 18.5 Å². The number of urea groups is 1. The highest BCUT2D eigenvalue weighted by Crippen LogP contribution is 2.18. The molecule has 1 heterocycles. The topological polar surface area (TPSA) is 50.8 Å². The number of halogens is 1. The molecule has 1 N–H and O–H groups in total. The summed E-state index contributed by atoms with van der Waals surface area (Å²) >= 11 is 5.95. The third kappa shape index (κ3) is 4.87. The molecule has 0 radical (unpaired) electrons. The summed E-state index contributed by atoms with van der Waals surface area (Å²) in [6, 6.07) is 14.8. The highest BCUT2D eigenvalue weighted by atomic mass is 35.5. The predicted octanol–water partition coefficient (Wildman–Crippen LogP) is 3.96. The van der Waals surface area contributed by atoms with Crippen LogP contribution in [0.15, 0.2) is 48.5 Å². The number of para-hydroxylation sites is 1. The highest BCUT2D eigenvalue weighted by molar-refractivity contribution is 6.30. The molecule has 1 aliphatic rings. The second kappa shape index (κ2) is 8.23. The monoisotopic (exact) mass is 360 g/mol. The van der Waals surface area contributed by atoms with Crippen molar-refractivity contribution in [2.24, 2.45) is 0 Å². The molecule has 1 atom stereocenters. The Labute approximate surface area is 152 Å². The lowest BCUT2D eigenvalue weighted by molar-refractivity contribution is -0.0337. The van der Waals surface area contributed by atoms with Gasteiger partial charge in [0.2, 0.25) is 0 Å². The van der Waals surface area contributed by atoms with Crippen molar-refractivity contribution in [2.75, 3.05) is 31.6 Å². The van der Waals surface area contributed by atoms with E-state index in [2.05, 4.69) is 5.32 Å². The molecule has 25 heavy (non-hydrogen) atoms. The fourth-order valence-electron chi connectivity index (χ4n) is 2.67. The third-order valence-electron chi connectivity index (χ3n) is 4.02. The van der Waals surface area contributed by atoms with Crippen LogP contribution in [0.4, 0.5) is 10.5 Å². The Kier molecular flexibility index (Phi) is 5.79. The second-order valence-corrected chi connectivity index (χ2v) is 6.39. The molecule has 1 aliphatic heterocycles. The first-order chi connectivity index (χ1) is 12.1. The largest absolute Gasteiger partial charge is 0.491 e. The summed E-state index contributed by atoms with van der Waals surface area (Å²) in [5.74, 6) is 0.839. The molecule has 0 spiro atoms. The fraction of sp³-hybridized carbons (Fsp3) is 0.316. The van der Waals surface area contributed by atoms with Gasteiger partial charge < -0.3 is 19.7 Å². The number of amides is 2. The van der Waals surface area contributed by atoms with Crippen molar-refractivity contribution in [1.29, 1.82) is 0 Å². The quantitative estimate of drug-likeness (QED) is 0.897. The number of benzene rings is 2. The zero-order valence-corrected chi connectivity index (χ0v) is 14.8. The van der Waals surface area contributed by atoms with Crippen LogP contribution in [-0.4, -0.2) is 43.3 Å². The van der Waals surface area contributed by atoms with Crippen molar-refractivity contribution in [3.05, 3.63) is 59.1 Å². The van der Waals surface area contributed by atoms with E-state index in [1.54, 1.807) is 23.1 Å². The minimum atomic E-state index is -0.161. The molecular weight excluding hydrogens is 340 g/mol. The summed E-state index contributed by atoms with van der Waals surface area (Å²) in [5, 5.41) is 3.45. The van der Waals surface area contributed by atoms with Crippen molar-refractivity contribution in [2.45, 2.75) is 13.0 Å². The highest BCUT2D eigenvalue weighted by Gasteiger charge is 2.25. The minimum Gasteiger partial charge on any atom is -0.491 e. The SMILES string of the molecule is Cc1ccccc1OCC1CN(C(=O)Nc2cccc(Cl)c2)CCO1. The van der Waals surface area contributed by atoms with E-state index in [1.165, 1.54) is 0 Å². The molecule has 0 aromatic heterocycles. The molecule has 1 unspecified atom stereocenters. The van der Waals surface area contributed by atoms with Crippen molar-refractivity contribution in [3.63, 3.8) is 0 Å². The van der Waals surface area contributed by atoms with Crippen LogP contribution in [0.1, 0.15) is 5.56 Å². The lowest BCUT2D eigenvalue weighted by atomic mass is 10.2. The van der Waals surface area contributed by atoms with Gasteiger partial charge in [-0.3, -0.25) is 0 Å². The number of nitrogens with zero attached hydrogens (tertiary/aromatic N) is 1. The van der Waals surface area contributed by atoms with Gasteiger partial charge in [-0.2, -0.15) is 0 Å². The zero-order valence-electron chi connectivity index (χ0n) is 14.1. The Morgan fingerprint density at radius 1 is 1.32 bits per heavy atom. The molecule has 2 amide bonds. The Morgan fingerprint density at radius 3 is 2.96 bits per heavy atom. The number of morpholine rings is 1. The summed E-state index contributed by atoms with van der Waals surface area (Å²) in [7, 11) is 0. The van der Waals surface area contributed by atoms with E-state index < -0.39 is 0 Å². The van der Waals surface area contributed by atoms with E-state index in [1.807, 2.05) is 37.3 Å². The van der Waals surface area contributed by atoms with E-state index in [0.29, 0.717) is 37.0 Å². The number of carbonyl (C=O) groups is 1. The number of ether oxygens (including phenoxy) is 2. The van der Waals surface area contributed by atoms with Crippen LogP contribution in [0.25, 0.3) is 0 Å². The molecule has 5 nitrogen and oxygen atoms in total. The Balaban J connectivity index is 1.53. The van der Waals surface area contributed by atoms with E-state index in [9.17, 15) is 4.79 Å². The predicted molar refractivity (Wildman–Crippen MR) is 98.5 cm³/mol. The molecule has 0 saturated carbocycles. The first kappa shape index (κ1) is 17.6. The van der Waals surface area contributed by atoms with Crippen LogP contribution in [-0.2, 0) is 4.74 Å². The molecule has 6 heteroatoms. The standard InChI is InChI=1S/C19H21ClN2O3/c1-14-5-2-3-8-18(14)25-13-17-12-22(9-10-24-17)19(23)21-16-7-4-6-15(20)11-16/h2-8,11,17H,9-10,12-13H2,1H3,(H,21,23). The van der Waals surface area contributed by atoms with Gasteiger partial charge >= 0.3 is 6.03 Å². The lowest BCUT2D eigenvalue weighted by Gasteiger charge is -2.33. The Morgan fingerprint density at radius 2 is 2.16 bits per heavy atom. The molecular formula is C19H21ClN2O3. The van der Waals surface area contributed by atoms with Crippen LogP contribution in [0.3, 0.4) is 0 Å². The summed E-state index contributed by atoms with van der Waals surface area (Å²) in [4.78, 5) is 14.2. The Bertz CT molecular complexity index is 738. The van der Waals surface area contributed by atoms with Crippen molar-refractivity contribution < 1.29 is 14.3 Å². The van der Waals surface area contributed by atoms with E-state index in [0.717, 1.165) is 11.3 Å². The van der Waals surface area contributed by atoms with Gasteiger partial charge in [0, 0.05) is 17.3 Å². The summed E-state index contributed by atoms with van der Waals surface area (Å²) in [6.07, 6.45) is -0.154. The maximum Gasteiger partial charge on any atom is 0.322 e. The van der Waals surface area contributed by atoms with Gasteiger partial charge in [-0.15, -0.1) is 0 Å².